The third-order valence-electron chi connectivity index (χ3n) is 3.33. The molecule has 0 aliphatic heterocycles. The van der Waals surface area contributed by atoms with Crippen molar-refractivity contribution in [1.82, 2.24) is 10.7 Å². The van der Waals surface area contributed by atoms with Crippen molar-refractivity contribution in [3.63, 3.8) is 0 Å². The Kier molecular flexibility index (Phi) is 6.09. The Hall–Kier alpha value is -2.66. The molecule has 0 atom stereocenters. The molecule has 124 valence electrons. The van der Waals surface area contributed by atoms with Crippen LogP contribution in [0.5, 0.6) is 0 Å². The summed E-state index contributed by atoms with van der Waals surface area (Å²) in [5.74, 6) is -0.746. The van der Waals surface area contributed by atoms with E-state index in [1.165, 1.54) is 0 Å². The first-order valence-electron chi connectivity index (χ1n) is 7.39. The molecular formula is C18H18ClN3O2. The molecule has 5 nitrogen and oxygen atoms in total. The average Bonchev–Trinajstić information content (AvgIpc) is 2.58. The summed E-state index contributed by atoms with van der Waals surface area (Å²) in [5.41, 5.74) is 5.62. The number of aryl methyl sites for hydroxylation is 1. The number of hydrazone groups is 1. The summed E-state index contributed by atoms with van der Waals surface area (Å²) in [5, 5.41) is 7.11. The Morgan fingerprint density at radius 1 is 1.00 bits per heavy atom. The van der Waals surface area contributed by atoms with Gasteiger partial charge in [-0.15, -0.1) is 0 Å². The van der Waals surface area contributed by atoms with E-state index in [0.29, 0.717) is 16.3 Å². The highest BCUT2D eigenvalue weighted by Crippen LogP contribution is 2.09. The van der Waals surface area contributed by atoms with Gasteiger partial charge in [0.2, 0.25) is 0 Å². The summed E-state index contributed by atoms with van der Waals surface area (Å²) >= 11 is 5.76. The van der Waals surface area contributed by atoms with Crippen molar-refractivity contribution in [3.8, 4) is 0 Å². The van der Waals surface area contributed by atoms with Gasteiger partial charge in [-0.1, -0.05) is 41.4 Å². The minimum Gasteiger partial charge on any atom is -0.343 e. The Labute approximate surface area is 145 Å². The van der Waals surface area contributed by atoms with Gasteiger partial charge in [-0.25, -0.2) is 5.43 Å². The quantitative estimate of drug-likeness (QED) is 0.647. The van der Waals surface area contributed by atoms with Crippen molar-refractivity contribution in [2.24, 2.45) is 5.10 Å². The Morgan fingerprint density at radius 2 is 1.58 bits per heavy atom. The van der Waals surface area contributed by atoms with Gasteiger partial charge in [-0.2, -0.15) is 5.10 Å². The van der Waals surface area contributed by atoms with Crippen LogP contribution < -0.4 is 10.7 Å². The van der Waals surface area contributed by atoms with E-state index < -0.39 is 5.91 Å². The topological polar surface area (TPSA) is 70.6 Å². The smallest absolute Gasteiger partial charge is 0.259 e. The second-order valence-electron chi connectivity index (χ2n) is 5.29. The first-order valence-corrected chi connectivity index (χ1v) is 7.77. The molecular weight excluding hydrogens is 326 g/mol. The summed E-state index contributed by atoms with van der Waals surface area (Å²) in [7, 11) is 0. The molecule has 0 unspecified atom stereocenters. The zero-order chi connectivity index (χ0) is 17.5. The second kappa shape index (κ2) is 8.26. The van der Waals surface area contributed by atoms with Crippen LogP contribution in [0.1, 0.15) is 28.4 Å². The van der Waals surface area contributed by atoms with Crippen molar-refractivity contribution < 1.29 is 9.59 Å². The van der Waals surface area contributed by atoms with Crippen LogP contribution in [0.3, 0.4) is 0 Å². The van der Waals surface area contributed by atoms with Crippen LogP contribution in [0, 0.1) is 6.92 Å². The Bertz CT molecular complexity index is 753. The van der Waals surface area contributed by atoms with Gasteiger partial charge in [0.15, 0.2) is 0 Å². The number of carbonyl (C=O) groups is 2. The normalized spacial score (nSPS) is 11.0. The minimum atomic E-state index is -0.399. The zero-order valence-corrected chi connectivity index (χ0v) is 14.2. The van der Waals surface area contributed by atoms with Crippen molar-refractivity contribution in [2.45, 2.75) is 13.8 Å². The molecule has 2 amide bonds. The lowest BCUT2D eigenvalue weighted by Crippen LogP contribution is -2.35. The van der Waals surface area contributed by atoms with Crippen LogP contribution >= 0.6 is 11.6 Å². The van der Waals surface area contributed by atoms with E-state index in [2.05, 4.69) is 15.8 Å². The number of nitrogens with zero attached hydrogens (tertiary/aromatic N) is 1. The van der Waals surface area contributed by atoms with Gasteiger partial charge in [0.05, 0.1) is 12.3 Å². The maximum atomic E-state index is 11.9. The SMILES string of the molecule is C/C(=N\NC(=O)CNC(=O)c1ccc(Cl)cc1)c1ccc(C)cc1. The molecule has 0 radical (unpaired) electrons. The van der Waals surface area contributed by atoms with Gasteiger partial charge in [0.1, 0.15) is 0 Å². The number of amides is 2. The number of halogens is 1. The van der Waals surface area contributed by atoms with E-state index in [1.807, 2.05) is 31.2 Å². The zero-order valence-electron chi connectivity index (χ0n) is 13.5. The molecule has 0 saturated heterocycles. The maximum absolute atomic E-state index is 11.9. The minimum absolute atomic E-state index is 0.161. The van der Waals surface area contributed by atoms with E-state index in [9.17, 15) is 9.59 Å². The number of hydrogen-bond donors (Lipinski definition) is 2. The predicted molar refractivity (Wildman–Crippen MR) is 95.3 cm³/mol. The number of carbonyl (C=O) groups excluding carboxylic acids is 2. The van der Waals surface area contributed by atoms with Crippen molar-refractivity contribution >= 4 is 29.1 Å². The van der Waals surface area contributed by atoms with E-state index >= 15 is 0 Å². The summed E-state index contributed by atoms with van der Waals surface area (Å²) in [4.78, 5) is 23.7. The molecule has 2 aromatic carbocycles. The molecule has 0 heterocycles. The summed E-state index contributed by atoms with van der Waals surface area (Å²) in [6, 6.07) is 14.2. The first kappa shape index (κ1) is 17.7. The van der Waals surface area contributed by atoms with Crippen molar-refractivity contribution in [3.05, 3.63) is 70.2 Å². The molecule has 0 spiro atoms. The van der Waals surface area contributed by atoms with E-state index in [4.69, 9.17) is 11.6 Å². The number of hydrogen-bond acceptors (Lipinski definition) is 3. The van der Waals surface area contributed by atoms with Gasteiger partial charge < -0.3 is 5.32 Å². The highest BCUT2D eigenvalue weighted by molar-refractivity contribution is 6.30. The fourth-order valence-electron chi connectivity index (χ4n) is 1.91. The van der Waals surface area contributed by atoms with E-state index in [-0.39, 0.29) is 12.5 Å². The Morgan fingerprint density at radius 3 is 2.21 bits per heavy atom. The van der Waals surface area contributed by atoms with Gasteiger partial charge in [0.25, 0.3) is 11.8 Å². The largest absolute Gasteiger partial charge is 0.343 e. The lowest BCUT2D eigenvalue weighted by Gasteiger charge is -2.06. The second-order valence-corrected chi connectivity index (χ2v) is 5.72. The highest BCUT2D eigenvalue weighted by atomic mass is 35.5. The highest BCUT2D eigenvalue weighted by Gasteiger charge is 2.07. The fraction of sp³-hybridized carbons (Fsp3) is 0.167. The monoisotopic (exact) mass is 343 g/mol. The first-order chi connectivity index (χ1) is 11.5. The van der Waals surface area contributed by atoms with Gasteiger partial charge >= 0.3 is 0 Å². The lowest BCUT2D eigenvalue weighted by molar-refractivity contribution is -0.120. The molecule has 2 aromatic rings. The van der Waals surface area contributed by atoms with Crippen LogP contribution in [0.25, 0.3) is 0 Å². The van der Waals surface area contributed by atoms with Gasteiger partial charge in [0, 0.05) is 10.6 Å². The summed E-state index contributed by atoms with van der Waals surface area (Å²) in [6.45, 7) is 3.64. The van der Waals surface area contributed by atoms with Crippen LogP contribution in [-0.2, 0) is 4.79 Å². The summed E-state index contributed by atoms with van der Waals surface area (Å²) in [6.07, 6.45) is 0. The summed E-state index contributed by atoms with van der Waals surface area (Å²) < 4.78 is 0. The van der Waals surface area contributed by atoms with Crippen molar-refractivity contribution in [2.75, 3.05) is 6.54 Å². The van der Waals surface area contributed by atoms with Crippen LogP contribution in [0.4, 0.5) is 0 Å². The molecule has 0 aliphatic carbocycles. The molecule has 0 fully saturated rings. The van der Waals surface area contributed by atoms with E-state index in [1.54, 1.807) is 31.2 Å². The molecule has 0 bridgehead atoms. The van der Waals surface area contributed by atoms with Gasteiger partial charge in [-0.3, -0.25) is 9.59 Å². The standard InChI is InChI=1S/C18H18ClN3O2/c1-12-3-5-14(6-4-12)13(2)21-22-17(23)11-20-18(24)15-7-9-16(19)10-8-15/h3-10H,11H2,1-2H3,(H,20,24)(H,22,23)/b21-13+. The predicted octanol–water partition coefficient (Wildman–Crippen LogP) is 2.92. The molecule has 24 heavy (non-hydrogen) atoms. The lowest BCUT2D eigenvalue weighted by atomic mass is 10.1. The maximum Gasteiger partial charge on any atom is 0.259 e. The number of nitrogens with one attached hydrogen (secondary N) is 2. The fourth-order valence-corrected chi connectivity index (χ4v) is 2.03. The third kappa shape index (κ3) is 5.21. The third-order valence-corrected chi connectivity index (χ3v) is 3.59. The molecule has 0 aromatic heterocycles. The average molecular weight is 344 g/mol. The number of rotatable bonds is 5. The van der Waals surface area contributed by atoms with Gasteiger partial charge in [-0.05, 0) is 43.7 Å². The molecule has 2 rings (SSSR count). The number of benzene rings is 2. The molecule has 0 aliphatic rings. The molecule has 6 heteroatoms. The van der Waals surface area contributed by atoms with Crippen LogP contribution in [-0.4, -0.2) is 24.1 Å². The van der Waals surface area contributed by atoms with E-state index in [0.717, 1.165) is 11.1 Å². The van der Waals surface area contributed by atoms with Crippen LogP contribution in [0.15, 0.2) is 53.6 Å². The molecule has 2 N–H and O–H groups in total. The van der Waals surface area contributed by atoms with Crippen molar-refractivity contribution in [1.29, 1.82) is 0 Å². The Balaban J connectivity index is 1.84. The molecule has 0 saturated carbocycles. The van der Waals surface area contributed by atoms with Crippen LogP contribution in [0.2, 0.25) is 5.02 Å².